The fourth-order valence-corrected chi connectivity index (χ4v) is 6.66. The highest BCUT2D eigenvalue weighted by Crippen LogP contribution is 2.55. The minimum Gasteiger partial charge on any atom is -0.485 e. The Labute approximate surface area is 217 Å². The summed E-state index contributed by atoms with van der Waals surface area (Å²) in [5.41, 5.74) is 12.9. The molecular formula is C32H32N2O3. The average molecular weight is 493 g/mol. The van der Waals surface area contributed by atoms with Crippen molar-refractivity contribution in [3.63, 3.8) is 0 Å². The zero-order chi connectivity index (χ0) is 25.6. The summed E-state index contributed by atoms with van der Waals surface area (Å²) in [5.74, 6) is 0.371. The maximum absolute atomic E-state index is 11.6. The molecule has 6 rings (SSSR count). The van der Waals surface area contributed by atoms with Gasteiger partial charge in [-0.2, -0.15) is 0 Å². The largest absolute Gasteiger partial charge is 0.485 e. The second kappa shape index (κ2) is 9.22. The van der Waals surface area contributed by atoms with E-state index in [0.717, 1.165) is 39.4 Å². The summed E-state index contributed by atoms with van der Waals surface area (Å²) in [7, 11) is 0. The van der Waals surface area contributed by atoms with E-state index in [1.54, 1.807) is 6.20 Å². The lowest BCUT2D eigenvalue weighted by Gasteiger charge is -2.34. The van der Waals surface area contributed by atoms with E-state index in [1.807, 2.05) is 43.3 Å². The number of carboxylic acids is 1. The highest BCUT2D eigenvalue weighted by atomic mass is 16.5. The maximum Gasteiger partial charge on any atom is 0.307 e. The van der Waals surface area contributed by atoms with Crippen LogP contribution in [0, 0.1) is 6.92 Å². The number of fused-ring (bicyclic) bond motifs is 3. The first kappa shape index (κ1) is 23.5. The van der Waals surface area contributed by atoms with E-state index in [2.05, 4.69) is 29.2 Å². The van der Waals surface area contributed by atoms with Crippen molar-refractivity contribution in [2.75, 3.05) is 5.73 Å². The zero-order valence-electron chi connectivity index (χ0n) is 21.2. The standard InChI is InChI=1S/C32H32N2O3/c1-20-7-5-10-28(25(20)18-30(35)36)37-29-19-32(14-3-2-4-15-32)27-12-11-21(17-26(27)29)22-8-6-9-24-23(22)13-16-34-31(24)33/h5-13,16-17,29H,2-4,14-15,18-19H2,1H3,(H2,33,34)(H,35,36). The van der Waals surface area contributed by atoms with Gasteiger partial charge in [0.1, 0.15) is 17.7 Å². The molecule has 1 unspecified atom stereocenters. The molecule has 2 aliphatic carbocycles. The molecule has 37 heavy (non-hydrogen) atoms. The van der Waals surface area contributed by atoms with Crippen LogP contribution in [0.5, 0.6) is 5.75 Å². The van der Waals surface area contributed by atoms with E-state index in [-0.39, 0.29) is 17.9 Å². The molecule has 2 aliphatic rings. The molecule has 3 N–H and O–H groups in total. The molecule has 4 aromatic rings. The zero-order valence-corrected chi connectivity index (χ0v) is 21.2. The molecule has 188 valence electrons. The lowest BCUT2D eigenvalue weighted by Crippen LogP contribution is -2.26. The number of aromatic nitrogens is 1. The van der Waals surface area contributed by atoms with Gasteiger partial charge in [0.05, 0.1) is 6.42 Å². The van der Waals surface area contributed by atoms with Crippen LogP contribution in [-0.2, 0) is 16.6 Å². The molecular weight excluding hydrogens is 460 g/mol. The van der Waals surface area contributed by atoms with Gasteiger partial charge >= 0.3 is 5.97 Å². The fourth-order valence-electron chi connectivity index (χ4n) is 6.66. The van der Waals surface area contributed by atoms with Gasteiger partial charge in [0.2, 0.25) is 0 Å². The minimum atomic E-state index is -0.846. The number of rotatable bonds is 5. The van der Waals surface area contributed by atoms with Crippen molar-refractivity contribution in [3.05, 3.63) is 89.1 Å². The van der Waals surface area contributed by atoms with Crippen molar-refractivity contribution in [2.24, 2.45) is 0 Å². The first-order valence-electron chi connectivity index (χ1n) is 13.2. The Hall–Kier alpha value is -3.86. The molecule has 5 heteroatoms. The number of carboxylic acid groups (broad SMARTS) is 1. The summed E-state index contributed by atoms with van der Waals surface area (Å²) < 4.78 is 6.75. The molecule has 1 aromatic heterocycles. The smallest absolute Gasteiger partial charge is 0.307 e. The van der Waals surface area contributed by atoms with Crippen LogP contribution in [-0.4, -0.2) is 16.1 Å². The monoisotopic (exact) mass is 492 g/mol. The van der Waals surface area contributed by atoms with Crippen molar-refractivity contribution in [1.82, 2.24) is 4.98 Å². The minimum absolute atomic E-state index is 0.0434. The summed E-state index contributed by atoms with van der Waals surface area (Å²) in [6, 6.07) is 20.9. The summed E-state index contributed by atoms with van der Waals surface area (Å²) >= 11 is 0. The Morgan fingerprint density at radius 1 is 1.05 bits per heavy atom. The van der Waals surface area contributed by atoms with E-state index in [1.165, 1.54) is 43.2 Å². The molecule has 0 radical (unpaired) electrons. The normalized spacial score (nSPS) is 18.1. The molecule has 0 aliphatic heterocycles. The van der Waals surface area contributed by atoms with E-state index in [9.17, 15) is 9.90 Å². The Kier molecular flexibility index (Phi) is 5.86. The van der Waals surface area contributed by atoms with Gasteiger partial charge < -0.3 is 15.6 Å². The quantitative estimate of drug-likeness (QED) is 0.309. The predicted octanol–water partition coefficient (Wildman–Crippen LogP) is 7.15. The van der Waals surface area contributed by atoms with Crippen molar-refractivity contribution in [1.29, 1.82) is 0 Å². The van der Waals surface area contributed by atoms with Crippen molar-refractivity contribution >= 4 is 22.6 Å². The fraction of sp³-hybridized carbons (Fsp3) is 0.312. The summed E-state index contributed by atoms with van der Waals surface area (Å²) in [4.78, 5) is 15.9. The third kappa shape index (κ3) is 4.12. The molecule has 0 saturated heterocycles. The van der Waals surface area contributed by atoms with Gasteiger partial charge in [-0.1, -0.05) is 61.7 Å². The highest BCUT2D eigenvalue weighted by Gasteiger charge is 2.45. The Morgan fingerprint density at radius 2 is 1.86 bits per heavy atom. The van der Waals surface area contributed by atoms with Crippen LogP contribution in [0.1, 0.15) is 66.9 Å². The molecule has 1 atom stereocenters. The van der Waals surface area contributed by atoms with Crippen LogP contribution in [0.4, 0.5) is 5.82 Å². The van der Waals surface area contributed by atoms with Gasteiger partial charge in [-0.15, -0.1) is 0 Å². The van der Waals surface area contributed by atoms with Crippen LogP contribution in [0.2, 0.25) is 0 Å². The molecule has 0 bridgehead atoms. The predicted molar refractivity (Wildman–Crippen MR) is 147 cm³/mol. The van der Waals surface area contributed by atoms with Gasteiger partial charge in [0.15, 0.2) is 0 Å². The molecule has 3 aromatic carbocycles. The lowest BCUT2D eigenvalue weighted by molar-refractivity contribution is -0.136. The van der Waals surface area contributed by atoms with Crippen LogP contribution in [0.25, 0.3) is 21.9 Å². The number of pyridine rings is 1. The number of aliphatic carboxylic acids is 1. The van der Waals surface area contributed by atoms with Gasteiger partial charge in [-0.3, -0.25) is 4.79 Å². The Balaban J connectivity index is 1.46. The maximum atomic E-state index is 11.6. The lowest BCUT2D eigenvalue weighted by atomic mass is 9.70. The van der Waals surface area contributed by atoms with E-state index in [4.69, 9.17) is 10.5 Å². The van der Waals surface area contributed by atoms with Crippen molar-refractivity contribution in [3.8, 4) is 16.9 Å². The Morgan fingerprint density at radius 3 is 2.68 bits per heavy atom. The second-order valence-electron chi connectivity index (χ2n) is 10.7. The number of aryl methyl sites for hydroxylation is 1. The number of anilines is 1. The number of nitrogen functional groups attached to an aromatic ring is 1. The number of hydrogen-bond acceptors (Lipinski definition) is 4. The summed E-state index contributed by atoms with van der Waals surface area (Å²) in [5, 5.41) is 11.6. The number of nitrogens with two attached hydrogens (primary N) is 1. The third-order valence-electron chi connectivity index (χ3n) is 8.47. The van der Waals surface area contributed by atoms with Gasteiger partial charge in [0, 0.05) is 17.1 Å². The van der Waals surface area contributed by atoms with E-state index < -0.39 is 5.97 Å². The number of ether oxygens (including phenoxy) is 1. The van der Waals surface area contributed by atoms with E-state index in [0.29, 0.717) is 11.6 Å². The number of nitrogens with zero attached hydrogens (tertiary/aromatic N) is 1. The third-order valence-corrected chi connectivity index (χ3v) is 8.47. The molecule has 0 amide bonds. The van der Waals surface area contributed by atoms with Crippen molar-refractivity contribution < 1.29 is 14.6 Å². The van der Waals surface area contributed by atoms with Crippen LogP contribution in [0.3, 0.4) is 0 Å². The number of carbonyl (C=O) groups is 1. The Bertz CT molecular complexity index is 1500. The molecule has 1 heterocycles. The first-order valence-corrected chi connectivity index (χ1v) is 13.2. The average Bonchev–Trinajstić information content (AvgIpc) is 3.18. The summed E-state index contributed by atoms with van der Waals surface area (Å²) in [6.45, 7) is 1.95. The molecule has 5 nitrogen and oxygen atoms in total. The summed E-state index contributed by atoms with van der Waals surface area (Å²) in [6.07, 6.45) is 8.63. The van der Waals surface area contributed by atoms with E-state index >= 15 is 0 Å². The molecule has 1 fully saturated rings. The van der Waals surface area contributed by atoms with Gasteiger partial charge in [0.25, 0.3) is 0 Å². The van der Waals surface area contributed by atoms with Gasteiger partial charge in [-0.05, 0) is 83.0 Å². The van der Waals surface area contributed by atoms with Crippen LogP contribution >= 0.6 is 0 Å². The molecule has 1 spiro atoms. The number of benzene rings is 3. The van der Waals surface area contributed by atoms with Crippen LogP contribution < -0.4 is 10.5 Å². The van der Waals surface area contributed by atoms with Crippen LogP contribution in [0.15, 0.2) is 66.9 Å². The first-order chi connectivity index (χ1) is 17.9. The van der Waals surface area contributed by atoms with Gasteiger partial charge in [-0.25, -0.2) is 4.98 Å². The SMILES string of the molecule is Cc1cccc(OC2CC3(CCCCC3)c3ccc(-c4cccc5c(N)nccc45)cc32)c1CC(=O)O. The number of hydrogen-bond donors (Lipinski definition) is 2. The molecule has 1 saturated carbocycles. The second-order valence-corrected chi connectivity index (χ2v) is 10.7. The highest BCUT2D eigenvalue weighted by molar-refractivity contribution is 6.01. The van der Waals surface area contributed by atoms with Crippen molar-refractivity contribution in [2.45, 2.75) is 63.4 Å². The topological polar surface area (TPSA) is 85.4 Å².